The molecule has 2 N–H and O–H groups in total. The van der Waals surface area contributed by atoms with Crippen molar-refractivity contribution in [3.05, 3.63) is 29.8 Å². The molecule has 8 heteroatoms. The van der Waals surface area contributed by atoms with Crippen LogP contribution in [0.25, 0.3) is 0 Å². The molecule has 130 valence electrons. The van der Waals surface area contributed by atoms with E-state index >= 15 is 0 Å². The molecule has 24 heavy (non-hydrogen) atoms. The molecule has 0 aliphatic carbocycles. The molecule has 1 aliphatic heterocycles. The van der Waals surface area contributed by atoms with Crippen LogP contribution in [-0.4, -0.2) is 50.9 Å². The molecule has 2 rings (SSSR count). The Balaban J connectivity index is 1.75. The van der Waals surface area contributed by atoms with Crippen LogP contribution >= 0.6 is 0 Å². The Morgan fingerprint density at radius 3 is 2.62 bits per heavy atom. The lowest BCUT2D eigenvalue weighted by molar-refractivity contribution is -0.123. The normalized spacial score (nSPS) is 16.3. The number of nitrogens with one attached hydrogen (secondary N) is 2. The van der Waals surface area contributed by atoms with Crippen molar-refractivity contribution in [2.24, 2.45) is 0 Å². The van der Waals surface area contributed by atoms with Gasteiger partial charge in [-0.15, -0.1) is 0 Å². The fraction of sp³-hybridized carbons (Fsp3) is 0.438. The topological polar surface area (TPSA) is 103 Å². The fourth-order valence-corrected chi connectivity index (χ4v) is 2.09. The zero-order valence-corrected chi connectivity index (χ0v) is 13.4. The van der Waals surface area contributed by atoms with Crippen molar-refractivity contribution >= 4 is 17.9 Å². The van der Waals surface area contributed by atoms with Crippen molar-refractivity contribution in [2.45, 2.75) is 18.9 Å². The van der Waals surface area contributed by atoms with E-state index in [4.69, 9.17) is 14.2 Å². The van der Waals surface area contributed by atoms with Crippen LogP contribution in [0.5, 0.6) is 5.75 Å². The molecule has 1 atom stereocenters. The maximum absolute atomic E-state index is 11.8. The first-order valence-corrected chi connectivity index (χ1v) is 7.61. The van der Waals surface area contributed by atoms with Gasteiger partial charge in [0.15, 0.2) is 6.61 Å². The molecule has 1 aromatic carbocycles. The third-order valence-electron chi connectivity index (χ3n) is 3.36. The Bertz CT molecular complexity index is 581. The summed E-state index contributed by atoms with van der Waals surface area (Å²) in [5, 5.41) is 4.21. The highest BCUT2D eigenvalue weighted by Crippen LogP contribution is 2.17. The van der Waals surface area contributed by atoms with Gasteiger partial charge in [0.25, 0.3) is 5.91 Å². The summed E-state index contributed by atoms with van der Waals surface area (Å²) in [5.41, 5.74) is 0.284. The molecular formula is C16H20N2O6. The number of carbonyl (C=O) groups is 3. The maximum Gasteiger partial charge on any atom is 0.338 e. The van der Waals surface area contributed by atoms with Gasteiger partial charge in [0.05, 0.1) is 11.7 Å². The van der Waals surface area contributed by atoms with Crippen LogP contribution in [0, 0.1) is 0 Å². The second kappa shape index (κ2) is 8.88. The molecule has 8 nitrogen and oxygen atoms in total. The molecule has 0 radical (unpaired) electrons. The number of hydrogen-bond donors (Lipinski definition) is 2. The number of benzene rings is 1. The van der Waals surface area contributed by atoms with Gasteiger partial charge >= 0.3 is 12.0 Å². The van der Waals surface area contributed by atoms with Crippen LogP contribution in [0.1, 0.15) is 23.2 Å². The van der Waals surface area contributed by atoms with Gasteiger partial charge in [0.2, 0.25) is 0 Å². The molecule has 1 heterocycles. The van der Waals surface area contributed by atoms with Gasteiger partial charge in [-0.2, -0.15) is 0 Å². The molecule has 0 bridgehead atoms. The van der Waals surface area contributed by atoms with Crippen molar-refractivity contribution in [1.82, 2.24) is 10.6 Å². The number of carbonyl (C=O) groups excluding carboxylic acids is 3. The summed E-state index contributed by atoms with van der Waals surface area (Å²) in [6.45, 7) is 0.708. The predicted molar refractivity (Wildman–Crippen MR) is 83.8 cm³/mol. The monoisotopic (exact) mass is 336 g/mol. The predicted octanol–water partition coefficient (Wildman–Crippen LogP) is 0.857. The first-order valence-electron chi connectivity index (χ1n) is 7.61. The van der Waals surface area contributed by atoms with Gasteiger partial charge in [-0.05, 0) is 37.1 Å². The number of amides is 3. The van der Waals surface area contributed by atoms with Gasteiger partial charge < -0.3 is 19.5 Å². The Kier molecular flexibility index (Phi) is 6.56. The lowest BCUT2D eigenvalue weighted by atomic mass is 10.2. The first kappa shape index (κ1) is 17.7. The van der Waals surface area contributed by atoms with E-state index < -0.39 is 24.5 Å². The SMILES string of the molecule is CNC(=O)NC(=O)COC(=O)c1ccc(OC[C@@H]2CCCO2)cc1. The Labute approximate surface area is 139 Å². The molecule has 1 aliphatic rings. The van der Waals surface area contributed by atoms with E-state index in [0.717, 1.165) is 19.4 Å². The molecule has 0 aromatic heterocycles. The average Bonchev–Trinajstić information content (AvgIpc) is 3.11. The summed E-state index contributed by atoms with van der Waals surface area (Å²) < 4.78 is 15.9. The second-order valence-electron chi connectivity index (χ2n) is 5.17. The minimum Gasteiger partial charge on any atom is -0.491 e. The van der Waals surface area contributed by atoms with Crippen molar-refractivity contribution in [2.75, 3.05) is 26.9 Å². The van der Waals surface area contributed by atoms with Gasteiger partial charge in [-0.1, -0.05) is 0 Å². The Hall–Kier alpha value is -2.61. The smallest absolute Gasteiger partial charge is 0.338 e. The molecule has 0 saturated carbocycles. The molecule has 0 unspecified atom stereocenters. The van der Waals surface area contributed by atoms with Crippen LogP contribution in [-0.2, 0) is 14.3 Å². The summed E-state index contributed by atoms with van der Waals surface area (Å²) in [7, 11) is 1.37. The number of urea groups is 1. The molecule has 0 spiro atoms. The summed E-state index contributed by atoms with van der Waals surface area (Å²) in [6, 6.07) is 5.73. The third-order valence-corrected chi connectivity index (χ3v) is 3.36. The molecule has 3 amide bonds. The summed E-state index contributed by atoms with van der Waals surface area (Å²) >= 11 is 0. The molecule has 1 saturated heterocycles. The summed E-state index contributed by atoms with van der Waals surface area (Å²) in [4.78, 5) is 34.1. The van der Waals surface area contributed by atoms with E-state index in [-0.39, 0.29) is 11.7 Å². The highest BCUT2D eigenvalue weighted by atomic mass is 16.5. The number of hydrogen-bond acceptors (Lipinski definition) is 6. The van der Waals surface area contributed by atoms with E-state index in [1.54, 1.807) is 24.3 Å². The largest absolute Gasteiger partial charge is 0.491 e. The first-order chi connectivity index (χ1) is 11.6. The highest BCUT2D eigenvalue weighted by Gasteiger charge is 2.16. The van der Waals surface area contributed by atoms with Gasteiger partial charge in [-0.25, -0.2) is 9.59 Å². The van der Waals surface area contributed by atoms with E-state index in [1.807, 2.05) is 5.32 Å². The quantitative estimate of drug-likeness (QED) is 0.747. The van der Waals surface area contributed by atoms with Crippen molar-refractivity contribution in [3.63, 3.8) is 0 Å². The molecular weight excluding hydrogens is 316 g/mol. The number of imide groups is 1. The second-order valence-corrected chi connectivity index (χ2v) is 5.17. The number of ether oxygens (including phenoxy) is 3. The van der Waals surface area contributed by atoms with Crippen LogP contribution in [0.2, 0.25) is 0 Å². The number of rotatable bonds is 6. The minimum atomic E-state index is -0.709. The standard InChI is InChI=1S/C16H20N2O6/c1-17-16(21)18-14(19)10-24-15(20)11-4-6-12(7-5-11)23-9-13-3-2-8-22-13/h4-7,13H,2-3,8-10H2,1H3,(H2,17,18,19,21)/t13-/m0/s1. The van der Waals surface area contributed by atoms with Crippen molar-refractivity contribution in [3.8, 4) is 5.75 Å². The number of esters is 1. The van der Waals surface area contributed by atoms with Crippen LogP contribution in [0.15, 0.2) is 24.3 Å². The van der Waals surface area contributed by atoms with Crippen LogP contribution in [0.4, 0.5) is 4.79 Å². The van der Waals surface area contributed by atoms with E-state index in [9.17, 15) is 14.4 Å². The summed E-state index contributed by atoms with van der Waals surface area (Å²) in [6.07, 6.45) is 2.16. The highest BCUT2D eigenvalue weighted by molar-refractivity contribution is 5.96. The third kappa shape index (κ3) is 5.54. The average molecular weight is 336 g/mol. The van der Waals surface area contributed by atoms with Gasteiger partial charge in [-0.3, -0.25) is 10.1 Å². The zero-order chi connectivity index (χ0) is 17.4. The van der Waals surface area contributed by atoms with Crippen LogP contribution in [0.3, 0.4) is 0 Å². The molecule has 1 aromatic rings. The van der Waals surface area contributed by atoms with Gasteiger partial charge in [0, 0.05) is 13.7 Å². The minimum absolute atomic E-state index is 0.119. The maximum atomic E-state index is 11.8. The van der Waals surface area contributed by atoms with Crippen molar-refractivity contribution < 1.29 is 28.6 Å². The Morgan fingerprint density at radius 2 is 2.00 bits per heavy atom. The van der Waals surface area contributed by atoms with E-state index in [1.165, 1.54) is 7.05 Å². The zero-order valence-electron chi connectivity index (χ0n) is 13.4. The van der Waals surface area contributed by atoms with Crippen LogP contribution < -0.4 is 15.4 Å². The summed E-state index contributed by atoms with van der Waals surface area (Å²) in [5.74, 6) is -0.744. The van der Waals surface area contributed by atoms with E-state index in [2.05, 4.69) is 5.32 Å². The Morgan fingerprint density at radius 1 is 1.25 bits per heavy atom. The lowest BCUT2D eigenvalue weighted by Gasteiger charge is -2.11. The molecule has 1 fully saturated rings. The lowest BCUT2D eigenvalue weighted by Crippen LogP contribution is -2.39. The van der Waals surface area contributed by atoms with Crippen molar-refractivity contribution in [1.29, 1.82) is 0 Å². The van der Waals surface area contributed by atoms with E-state index in [0.29, 0.717) is 12.4 Å². The van der Waals surface area contributed by atoms with Gasteiger partial charge in [0.1, 0.15) is 12.4 Å². The fourth-order valence-electron chi connectivity index (χ4n) is 2.09.